The second-order valence-electron chi connectivity index (χ2n) is 5.71. The number of hydrogen-bond acceptors (Lipinski definition) is 3. The number of amides is 2. The van der Waals surface area contributed by atoms with Crippen LogP contribution in [0.2, 0.25) is 5.02 Å². The summed E-state index contributed by atoms with van der Waals surface area (Å²) in [5.41, 5.74) is 3.11. The van der Waals surface area contributed by atoms with Gasteiger partial charge in [-0.1, -0.05) is 41.9 Å². The summed E-state index contributed by atoms with van der Waals surface area (Å²) in [5.74, 6) is -0.343. The summed E-state index contributed by atoms with van der Waals surface area (Å²) in [6.07, 6.45) is 3.77. The lowest BCUT2D eigenvalue weighted by Crippen LogP contribution is -2.17. The molecule has 2 aromatic carbocycles. The SMILES string of the molecule is O=C1NC(=O)/C(=C\c2cn(Cc3ccc(Cl)cc3)c3ccccc23)S1. The van der Waals surface area contributed by atoms with Crippen LogP contribution in [-0.4, -0.2) is 15.7 Å². The molecule has 0 aliphatic carbocycles. The van der Waals surface area contributed by atoms with Crippen molar-refractivity contribution in [1.29, 1.82) is 0 Å². The van der Waals surface area contributed by atoms with Crippen LogP contribution < -0.4 is 5.32 Å². The van der Waals surface area contributed by atoms with E-state index in [4.69, 9.17) is 11.6 Å². The highest BCUT2D eigenvalue weighted by Crippen LogP contribution is 2.30. The second-order valence-corrected chi connectivity index (χ2v) is 7.16. The van der Waals surface area contributed by atoms with E-state index < -0.39 is 0 Å². The molecule has 6 heteroatoms. The molecule has 124 valence electrons. The largest absolute Gasteiger partial charge is 0.342 e. The molecule has 0 spiro atoms. The first kappa shape index (κ1) is 16.0. The predicted molar refractivity (Wildman–Crippen MR) is 102 cm³/mol. The lowest BCUT2D eigenvalue weighted by molar-refractivity contribution is -0.115. The van der Waals surface area contributed by atoms with E-state index in [1.54, 1.807) is 6.08 Å². The Morgan fingerprint density at radius 1 is 1.08 bits per heavy atom. The molecule has 1 N–H and O–H groups in total. The molecule has 1 fully saturated rings. The van der Waals surface area contributed by atoms with Crippen LogP contribution in [-0.2, 0) is 11.3 Å². The number of nitrogens with zero attached hydrogens (tertiary/aromatic N) is 1. The molecule has 2 heterocycles. The van der Waals surface area contributed by atoms with E-state index in [2.05, 4.69) is 9.88 Å². The number of fused-ring (bicyclic) bond motifs is 1. The monoisotopic (exact) mass is 368 g/mol. The lowest BCUT2D eigenvalue weighted by atomic mass is 10.1. The van der Waals surface area contributed by atoms with Crippen LogP contribution in [0.1, 0.15) is 11.1 Å². The minimum atomic E-state index is -0.343. The maximum atomic E-state index is 11.8. The van der Waals surface area contributed by atoms with Crippen LogP contribution in [0.5, 0.6) is 0 Å². The van der Waals surface area contributed by atoms with Crippen molar-refractivity contribution in [2.75, 3.05) is 0 Å². The summed E-state index contributed by atoms with van der Waals surface area (Å²) in [4.78, 5) is 23.6. The Kier molecular flexibility index (Phi) is 4.11. The highest BCUT2D eigenvalue weighted by atomic mass is 35.5. The number of rotatable bonds is 3. The third kappa shape index (κ3) is 3.21. The number of benzene rings is 2. The van der Waals surface area contributed by atoms with E-state index in [1.807, 2.05) is 54.7 Å². The molecule has 4 rings (SSSR count). The van der Waals surface area contributed by atoms with Crippen molar-refractivity contribution in [2.24, 2.45) is 0 Å². The normalized spacial score (nSPS) is 16.0. The molecular formula is C19H13ClN2O2S. The average Bonchev–Trinajstić information content (AvgIpc) is 3.10. The van der Waals surface area contributed by atoms with Gasteiger partial charge in [-0.15, -0.1) is 0 Å². The van der Waals surface area contributed by atoms with Crippen LogP contribution >= 0.6 is 23.4 Å². The lowest BCUT2D eigenvalue weighted by Gasteiger charge is -2.05. The van der Waals surface area contributed by atoms with Crippen molar-refractivity contribution in [3.05, 3.63) is 75.8 Å². The first-order chi connectivity index (χ1) is 12.1. The third-order valence-electron chi connectivity index (χ3n) is 4.01. The Bertz CT molecular complexity index is 1020. The molecule has 0 unspecified atom stereocenters. The van der Waals surface area contributed by atoms with E-state index in [0.717, 1.165) is 33.8 Å². The summed E-state index contributed by atoms with van der Waals surface area (Å²) in [5, 5.41) is 3.70. The number of imide groups is 1. The minimum Gasteiger partial charge on any atom is -0.342 e. The van der Waals surface area contributed by atoms with Crippen LogP contribution in [0.15, 0.2) is 59.6 Å². The van der Waals surface area contributed by atoms with E-state index >= 15 is 0 Å². The number of nitrogens with one attached hydrogen (secondary N) is 1. The Morgan fingerprint density at radius 3 is 2.56 bits per heavy atom. The number of carbonyl (C=O) groups excluding carboxylic acids is 2. The van der Waals surface area contributed by atoms with Crippen molar-refractivity contribution >= 4 is 51.5 Å². The van der Waals surface area contributed by atoms with Crippen LogP contribution in [0.3, 0.4) is 0 Å². The van der Waals surface area contributed by atoms with Gasteiger partial charge in [-0.3, -0.25) is 14.9 Å². The first-order valence-corrected chi connectivity index (χ1v) is 8.87. The number of aromatic nitrogens is 1. The van der Waals surface area contributed by atoms with Crippen molar-refractivity contribution in [3.63, 3.8) is 0 Å². The molecule has 1 aliphatic heterocycles. The Labute approximate surface area is 153 Å². The van der Waals surface area contributed by atoms with Gasteiger partial charge in [-0.25, -0.2) is 0 Å². The zero-order valence-electron chi connectivity index (χ0n) is 13.0. The first-order valence-electron chi connectivity index (χ1n) is 7.67. The maximum Gasteiger partial charge on any atom is 0.290 e. The van der Waals surface area contributed by atoms with Crippen molar-refractivity contribution in [1.82, 2.24) is 9.88 Å². The van der Waals surface area contributed by atoms with Gasteiger partial charge in [-0.2, -0.15) is 0 Å². The molecule has 3 aromatic rings. The topological polar surface area (TPSA) is 51.1 Å². The maximum absolute atomic E-state index is 11.8. The van der Waals surface area contributed by atoms with Gasteiger partial charge in [0.1, 0.15) is 0 Å². The van der Waals surface area contributed by atoms with E-state index in [0.29, 0.717) is 16.5 Å². The fourth-order valence-corrected chi connectivity index (χ4v) is 3.67. The van der Waals surface area contributed by atoms with E-state index in [-0.39, 0.29) is 11.1 Å². The Balaban J connectivity index is 1.76. The van der Waals surface area contributed by atoms with Gasteiger partial charge in [-0.05, 0) is 41.6 Å². The molecule has 0 atom stereocenters. The average molecular weight is 369 g/mol. The smallest absolute Gasteiger partial charge is 0.290 e. The molecule has 0 radical (unpaired) electrons. The summed E-state index contributed by atoms with van der Waals surface area (Å²) in [6, 6.07) is 15.7. The molecular weight excluding hydrogens is 356 g/mol. The Morgan fingerprint density at radius 2 is 1.84 bits per heavy atom. The van der Waals surface area contributed by atoms with Crippen LogP contribution in [0, 0.1) is 0 Å². The molecule has 1 saturated heterocycles. The number of hydrogen-bond donors (Lipinski definition) is 1. The fraction of sp³-hybridized carbons (Fsp3) is 0.0526. The number of carbonyl (C=O) groups is 2. The summed E-state index contributed by atoms with van der Waals surface area (Å²) in [6.45, 7) is 0.694. The summed E-state index contributed by atoms with van der Waals surface area (Å²) in [7, 11) is 0. The third-order valence-corrected chi connectivity index (χ3v) is 5.08. The van der Waals surface area contributed by atoms with Gasteiger partial charge in [0, 0.05) is 34.2 Å². The van der Waals surface area contributed by atoms with Gasteiger partial charge >= 0.3 is 0 Å². The van der Waals surface area contributed by atoms with Crippen molar-refractivity contribution in [2.45, 2.75) is 6.54 Å². The number of thioether (sulfide) groups is 1. The highest BCUT2D eigenvalue weighted by molar-refractivity contribution is 8.18. The van der Waals surface area contributed by atoms with Crippen LogP contribution in [0.4, 0.5) is 4.79 Å². The zero-order chi connectivity index (χ0) is 17.4. The summed E-state index contributed by atoms with van der Waals surface area (Å²) >= 11 is 6.88. The van der Waals surface area contributed by atoms with Gasteiger partial charge < -0.3 is 4.57 Å². The quantitative estimate of drug-likeness (QED) is 0.683. The zero-order valence-corrected chi connectivity index (χ0v) is 14.6. The molecule has 25 heavy (non-hydrogen) atoms. The molecule has 2 amide bonds. The predicted octanol–water partition coefficient (Wildman–Crippen LogP) is 4.67. The molecule has 0 bridgehead atoms. The highest BCUT2D eigenvalue weighted by Gasteiger charge is 2.25. The fourth-order valence-electron chi connectivity index (χ4n) is 2.87. The van der Waals surface area contributed by atoms with Gasteiger partial charge in [0.05, 0.1) is 4.91 Å². The van der Waals surface area contributed by atoms with Crippen LogP contribution in [0.25, 0.3) is 17.0 Å². The van der Waals surface area contributed by atoms with Gasteiger partial charge in [0.15, 0.2) is 0 Å². The standard InChI is InChI=1S/C19H13ClN2O2S/c20-14-7-5-12(6-8-14)10-22-11-13(15-3-1-2-4-16(15)22)9-17-18(23)21-19(24)25-17/h1-9,11H,10H2,(H,21,23,24)/b17-9+. The van der Waals surface area contributed by atoms with E-state index in [1.165, 1.54) is 0 Å². The second kappa shape index (κ2) is 6.43. The Hall–Kier alpha value is -2.50. The minimum absolute atomic E-state index is 0.332. The van der Waals surface area contributed by atoms with Crippen molar-refractivity contribution in [3.8, 4) is 0 Å². The van der Waals surface area contributed by atoms with E-state index in [9.17, 15) is 9.59 Å². The van der Waals surface area contributed by atoms with Gasteiger partial charge in [0.2, 0.25) is 0 Å². The number of para-hydroxylation sites is 1. The van der Waals surface area contributed by atoms with Gasteiger partial charge in [0.25, 0.3) is 11.1 Å². The van der Waals surface area contributed by atoms with Crippen molar-refractivity contribution < 1.29 is 9.59 Å². The summed E-state index contributed by atoms with van der Waals surface area (Å²) < 4.78 is 2.13. The molecule has 4 nitrogen and oxygen atoms in total. The number of halogens is 1. The molecule has 1 aromatic heterocycles. The molecule has 0 saturated carbocycles. The molecule has 1 aliphatic rings.